The Morgan fingerprint density at radius 2 is 1.69 bits per heavy atom. The summed E-state index contributed by atoms with van der Waals surface area (Å²) in [6, 6.07) is 12.8. The van der Waals surface area contributed by atoms with Gasteiger partial charge in [0.1, 0.15) is 5.82 Å². The second-order valence-corrected chi connectivity index (χ2v) is 8.41. The summed E-state index contributed by atoms with van der Waals surface area (Å²) in [5.74, 6) is -0.644. The van der Waals surface area contributed by atoms with Gasteiger partial charge in [0.15, 0.2) is 0 Å². The van der Waals surface area contributed by atoms with Crippen LogP contribution in [0.3, 0.4) is 0 Å². The summed E-state index contributed by atoms with van der Waals surface area (Å²) in [6.45, 7) is 3.10. The lowest BCUT2D eigenvalue weighted by atomic mass is 10.2. The Morgan fingerprint density at radius 3 is 2.31 bits per heavy atom. The van der Waals surface area contributed by atoms with Crippen molar-refractivity contribution in [3.8, 4) is 0 Å². The SMILES string of the molecule is Cc1cccc(CS(=O)(=O)N2CCN(C(=O)c3ccc(F)cc3)CC2)c1. The second-order valence-electron chi connectivity index (χ2n) is 6.44. The smallest absolute Gasteiger partial charge is 0.253 e. The van der Waals surface area contributed by atoms with E-state index in [-0.39, 0.29) is 24.7 Å². The lowest BCUT2D eigenvalue weighted by molar-refractivity contribution is 0.0697. The van der Waals surface area contributed by atoms with Gasteiger partial charge in [-0.2, -0.15) is 4.31 Å². The molecule has 1 saturated heterocycles. The summed E-state index contributed by atoms with van der Waals surface area (Å²) in [5.41, 5.74) is 2.18. The molecule has 0 N–H and O–H groups in total. The van der Waals surface area contributed by atoms with Crippen LogP contribution in [0.25, 0.3) is 0 Å². The van der Waals surface area contributed by atoms with Crippen LogP contribution in [0.2, 0.25) is 0 Å². The van der Waals surface area contributed by atoms with Crippen LogP contribution in [0, 0.1) is 12.7 Å². The average Bonchev–Trinajstić information content (AvgIpc) is 2.61. The predicted octanol–water partition coefficient (Wildman–Crippen LogP) is 2.42. The number of hydrogen-bond donors (Lipinski definition) is 0. The Kier molecular flexibility index (Phi) is 5.38. The van der Waals surface area contributed by atoms with Crippen LogP contribution < -0.4 is 0 Å². The second kappa shape index (κ2) is 7.55. The molecule has 0 unspecified atom stereocenters. The molecule has 1 fully saturated rings. The highest BCUT2D eigenvalue weighted by atomic mass is 32.2. The van der Waals surface area contributed by atoms with Gasteiger partial charge in [0.05, 0.1) is 5.75 Å². The number of piperazine rings is 1. The van der Waals surface area contributed by atoms with Gasteiger partial charge < -0.3 is 4.90 Å². The first kappa shape index (κ1) is 18.5. The minimum atomic E-state index is -3.43. The van der Waals surface area contributed by atoms with Crippen LogP contribution in [0.15, 0.2) is 48.5 Å². The Labute approximate surface area is 153 Å². The number of carbonyl (C=O) groups excluding carboxylic acids is 1. The van der Waals surface area contributed by atoms with Gasteiger partial charge in [0.25, 0.3) is 5.91 Å². The average molecular weight is 376 g/mol. The number of nitrogens with zero attached hydrogens (tertiary/aromatic N) is 2. The molecule has 0 spiro atoms. The van der Waals surface area contributed by atoms with E-state index >= 15 is 0 Å². The van der Waals surface area contributed by atoms with Crippen molar-refractivity contribution < 1.29 is 17.6 Å². The maximum absolute atomic E-state index is 13.0. The third kappa shape index (κ3) is 4.28. The summed E-state index contributed by atoms with van der Waals surface area (Å²) in [7, 11) is -3.43. The number of carbonyl (C=O) groups is 1. The fourth-order valence-electron chi connectivity index (χ4n) is 3.05. The Morgan fingerprint density at radius 1 is 1.04 bits per heavy atom. The van der Waals surface area contributed by atoms with Crippen molar-refractivity contribution in [3.63, 3.8) is 0 Å². The van der Waals surface area contributed by atoms with Crippen molar-refractivity contribution in [1.29, 1.82) is 0 Å². The fraction of sp³-hybridized carbons (Fsp3) is 0.316. The number of sulfonamides is 1. The number of halogens is 1. The molecule has 0 radical (unpaired) electrons. The zero-order valence-electron chi connectivity index (χ0n) is 14.6. The van der Waals surface area contributed by atoms with Crippen molar-refractivity contribution >= 4 is 15.9 Å². The third-order valence-electron chi connectivity index (χ3n) is 4.44. The van der Waals surface area contributed by atoms with Gasteiger partial charge in [-0.05, 0) is 36.8 Å². The van der Waals surface area contributed by atoms with Crippen molar-refractivity contribution in [2.45, 2.75) is 12.7 Å². The normalized spacial score (nSPS) is 15.8. The molecule has 2 aromatic carbocycles. The van der Waals surface area contributed by atoms with Crippen LogP contribution in [-0.4, -0.2) is 49.7 Å². The van der Waals surface area contributed by atoms with Gasteiger partial charge in [-0.25, -0.2) is 12.8 Å². The van der Waals surface area contributed by atoms with Crippen LogP contribution in [0.5, 0.6) is 0 Å². The molecule has 0 aliphatic carbocycles. The molecule has 1 amide bonds. The molecule has 0 saturated carbocycles. The van der Waals surface area contributed by atoms with E-state index in [0.717, 1.165) is 11.1 Å². The van der Waals surface area contributed by atoms with Gasteiger partial charge in [0.2, 0.25) is 10.0 Å². The number of amides is 1. The molecule has 0 aromatic heterocycles. The van der Waals surface area contributed by atoms with E-state index in [1.807, 2.05) is 25.1 Å². The van der Waals surface area contributed by atoms with E-state index < -0.39 is 15.8 Å². The minimum Gasteiger partial charge on any atom is -0.336 e. The van der Waals surface area contributed by atoms with E-state index in [0.29, 0.717) is 18.7 Å². The molecule has 0 bridgehead atoms. The summed E-state index contributed by atoms with van der Waals surface area (Å²) >= 11 is 0. The first-order valence-electron chi connectivity index (χ1n) is 8.43. The molecular formula is C19H21FN2O3S. The monoisotopic (exact) mass is 376 g/mol. The Hall–Kier alpha value is -2.25. The molecule has 5 nitrogen and oxygen atoms in total. The lowest BCUT2D eigenvalue weighted by Gasteiger charge is -2.34. The van der Waals surface area contributed by atoms with Crippen LogP contribution in [0.4, 0.5) is 4.39 Å². The highest BCUT2D eigenvalue weighted by molar-refractivity contribution is 7.88. The molecular weight excluding hydrogens is 355 g/mol. The van der Waals surface area contributed by atoms with Gasteiger partial charge in [-0.1, -0.05) is 29.8 Å². The Balaban J connectivity index is 1.62. The van der Waals surface area contributed by atoms with Crippen molar-refractivity contribution in [2.24, 2.45) is 0 Å². The van der Waals surface area contributed by atoms with Crippen molar-refractivity contribution in [1.82, 2.24) is 9.21 Å². The summed E-state index contributed by atoms with van der Waals surface area (Å²) in [5, 5.41) is 0. The molecule has 138 valence electrons. The van der Waals surface area contributed by atoms with Crippen LogP contribution >= 0.6 is 0 Å². The minimum absolute atomic E-state index is 0.0411. The van der Waals surface area contributed by atoms with E-state index in [9.17, 15) is 17.6 Å². The number of hydrogen-bond acceptors (Lipinski definition) is 3. The van der Waals surface area contributed by atoms with Crippen LogP contribution in [-0.2, 0) is 15.8 Å². The van der Waals surface area contributed by atoms with E-state index in [4.69, 9.17) is 0 Å². The van der Waals surface area contributed by atoms with Crippen molar-refractivity contribution in [3.05, 3.63) is 71.0 Å². The molecule has 26 heavy (non-hydrogen) atoms. The number of rotatable bonds is 4. The molecule has 0 atom stereocenters. The fourth-order valence-corrected chi connectivity index (χ4v) is 4.55. The van der Waals surface area contributed by atoms with Gasteiger partial charge in [-0.15, -0.1) is 0 Å². The quantitative estimate of drug-likeness (QED) is 0.823. The molecule has 1 heterocycles. The van der Waals surface area contributed by atoms with E-state index in [1.54, 1.807) is 11.0 Å². The summed E-state index contributed by atoms with van der Waals surface area (Å²) in [6.07, 6.45) is 0. The predicted molar refractivity (Wildman–Crippen MR) is 97.7 cm³/mol. The molecule has 7 heteroatoms. The highest BCUT2D eigenvalue weighted by Gasteiger charge is 2.29. The van der Waals surface area contributed by atoms with Gasteiger partial charge >= 0.3 is 0 Å². The van der Waals surface area contributed by atoms with Crippen LogP contribution in [0.1, 0.15) is 21.5 Å². The number of benzene rings is 2. The Bertz CT molecular complexity index is 889. The number of aryl methyl sites for hydroxylation is 1. The zero-order chi connectivity index (χ0) is 18.7. The lowest BCUT2D eigenvalue weighted by Crippen LogP contribution is -2.50. The molecule has 1 aliphatic rings. The van der Waals surface area contributed by atoms with Crippen molar-refractivity contribution in [2.75, 3.05) is 26.2 Å². The first-order chi connectivity index (χ1) is 12.3. The topological polar surface area (TPSA) is 57.7 Å². The van der Waals surface area contributed by atoms with Gasteiger partial charge in [0, 0.05) is 31.7 Å². The maximum Gasteiger partial charge on any atom is 0.253 e. The van der Waals surface area contributed by atoms with E-state index in [2.05, 4.69) is 0 Å². The van der Waals surface area contributed by atoms with E-state index in [1.165, 1.54) is 28.6 Å². The summed E-state index contributed by atoms with van der Waals surface area (Å²) in [4.78, 5) is 14.0. The molecule has 3 rings (SSSR count). The van der Waals surface area contributed by atoms with Gasteiger partial charge in [-0.3, -0.25) is 4.79 Å². The zero-order valence-corrected chi connectivity index (χ0v) is 15.4. The summed E-state index contributed by atoms with van der Waals surface area (Å²) < 4.78 is 39.7. The largest absolute Gasteiger partial charge is 0.336 e. The maximum atomic E-state index is 13.0. The third-order valence-corrected chi connectivity index (χ3v) is 6.29. The first-order valence-corrected chi connectivity index (χ1v) is 10.0. The standard InChI is InChI=1S/C19H21FN2O3S/c1-15-3-2-4-16(13-15)14-26(24,25)22-11-9-21(10-12-22)19(23)17-5-7-18(20)8-6-17/h2-8,13H,9-12,14H2,1H3. The molecule has 2 aromatic rings. The highest BCUT2D eigenvalue weighted by Crippen LogP contribution is 2.16. The molecule has 1 aliphatic heterocycles.